The number of hydrogen-bond acceptors (Lipinski definition) is 19. The third-order valence-electron chi connectivity index (χ3n) is 8.64. The molecule has 9 unspecified atom stereocenters. The lowest BCUT2D eigenvalue weighted by molar-refractivity contribution is -0.383. The van der Waals surface area contributed by atoms with E-state index in [9.17, 15) is 56.2 Å². The second kappa shape index (κ2) is 14.2. The quantitative estimate of drug-likeness (QED) is 0.133. The fourth-order valence-electron chi connectivity index (χ4n) is 5.91. The van der Waals surface area contributed by atoms with E-state index in [1.807, 2.05) is 0 Å². The molecule has 5 rings (SSSR count). The predicted octanol–water partition coefficient (Wildman–Crippen LogP) is -7.29. The fourth-order valence-corrected chi connectivity index (χ4v) is 5.91. The van der Waals surface area contributed by atoms with Gasteiger partial charge in [-0.3, -0.25) is 0 Å². The number of aliphatic hydroxyl groups is 11. The molecule has 0 radical (unpaired) electrons. The summed E-state index contributed by atoms with van der Waals surface area (Å²) in [4.78, 5) is 0. The van der Waals surface area contributed by atoms with Crippen molar-refractivity contribution in [3.8, 4) is 0 Å². The maximum absolute atomic E-state index is 11.0. The van der Waals surface area contributed by atoms with Crippen molar-refractivity contribution in [3.05, 3.63) is 0 Å². The summed E-state index contributed by atoms with van der Waals surface area (Å²) in [5, 5.41) is 117. The van der Waals surface area contributed by atoms with Crippen molar-refractivity contribution < 1.29 is 94.1 Å². The minimum Gasteiger partial charge on any atom is -0.394 e. The van der Waals surface area contributed by atoms with E-state index in [1.54, 1.807) is 6.92 Å². The Hall–Kier alpha value is -0.760. The minimum absolute atomic E-state index is 0.200. The Labute approximate surface area is 250 Å². The van der Waals surface area contributed by atoms with E-state index >= 15 is 0 Å². The molecule has 44 heavy (non-hydrogen) atoms. The SMILES string of the molecule is CCC1OC2OCC3O[C@H](O[C@@H]4C(O)[C@@H](OCC5O[C@H](O[C@H](C2O)[C@@H]1O)C(O)[C@@H](O)[C@@H]5O)OC(CO)[C@H]4O)C(O)[C@@H](O)[C@@H]3O. The van der Waals surface area contributed by atoms with Crippen LogP contribution in [0.3, 0.4) is 0 Å². The largest absolute Gasteiger partial charge is 0.394 e. The number of hydrogen-bond donors (Lipinski definition) is 11. The van der Waals surface area contributed by atoms with E-state index < -0.39 is 143 Å². The molecule has 11 N–H and O–H groups in total. The highest BCUT2D eigenvalue weighted by molar-refractivity contribution is 4.97. The number of rotatable bonds is 2. The van der Waals surface area contributed by atoms with Crippen LogP contribution < -0.4 is 0 Å². The lowest BCUT2D eigenvalue weighted by Crippen LogP contribution is -2.66. The van der Waals surface area contributed by atoms with Crippen molar-refractivity contribution in [2.24, 2.45) is 0 Å². The molecule has 0 aromatic rings. The normalized spacial score (nSPS) is 55.9. The first kappa shape index (κ1) is 34.6. The molecule has 0 aliphatic carbocycles. The highest BCUT2D eigenvalue weighted by Gasteiger charge is 2.54. The maximum Gasteiger partial charge on any atom is 0.187 e. The average molecular weight is 647 g/mol. The van der Waals surface area contributed by atoms with Gasteiger partial charge in [0.15, 0.2) is 25.2 Å². The predicted molar refractivity (Wildman–Crippen MR) is 134 cm³/mol. The van der Waals surface area contributed by atoms with Gasteiger partial charge in [0.05, 0.1) is 25.9 Å². The monoisotopic (exact) mass is 646 g/mol. The molecular weight excluding hydrogens is 604 g/mol. The van der Waals surface area contributed by atoms with Crippen LogP contribution >= 0.6 is 0 Å². The van der Waals surface area contributed by atoms with Gasteiger partial charge in [-0.1, -0.05) is 6.92 Å². The zero-order chi connectivity index (χ0) is 32.0. The molecule has 0 amide bonds. The molecule has 20 atom stereocenters. The molecule has 0 aromatic heterocycles. The number of fused-ring (bicyclic) bond motifs is 8. The van der Waals surface area contributed by atoms with Crippen LogP contribution in [-0.4, -0.2) is 199 Å². The fraction of sp³-hybridized carbons (Fsp3) is 1.00. The number of aliphatic hydroxyl groups excluding tert-OH is 11. The van der Waals surface area contributed by atoms with Crippen molar-refractivity contribution in [3.63, 3.8) is 0 Å². The van der Waals surface area contributed by atoms with Crippen LogP contribution in [0.4, 0.5) is 0 Å². The van der Waals surface area contributed by atoms with E-state index in [0.29, 0.717) is 0 Å². The molecule has 0 spiro atoms. The number of ether oxygens (including phenoxy) is 8. The molecule has 0 aromatic carbocycles. The topological polar surface area (TPSA) is 296 Å². The molecule has 256 valence electrons. The third-order valence-corrected chi connectivity index (χ3v) is 8.64. The first-order valence-corrected chi connectivity index (χ1v) is 14.4. The van der Waals surface area contributed by atoms with Crippen molar-refractivity contribution >= 4 is 0 Å². The summed E-state index contributed by atoms with van der Waals surface area (Å²) in [6.45, 7) is -0.347. The Balaban J connectivity index is 1.47. The highest BCUT2D eigenvalue weighted by atomic mass is 16.8. The molecule has 5 fully saturated rings. The average Bonchev–Trinajstić information content (AvgIpc) is 3.01. The summed E-state index contributed by atoms with van der Waals surface area (Å²) < 4.78 is 45.0. The van der Waals surface area contributed by atoms with Crippen LogP contribution in [-0.2, 0) is 37.9 Å². The molecule has 5 aliphatic heterocycles. The third kappa shape index (κ3) is 6.52. The van der Waals surface area contributed by atoms with Gasteiger partial charge in [-0.25, -0.2) is 0 Å². The van der Waals surface area contributed by atoms with Gasteiger partial charge in [-0.05, 0) is 6.42 Å². The summed E-state index contributed by atoms with van der Waals surface area (Å²) in [7, 11) is 0. The van der Waals surface area contributed by atoms with E-state index in [4.69, 9.17) is 37.9 Å². The lowest BCUT2D eigenvalue weighted by Gasteiger charge is -2.48. The van der Waals surface area contributed by atoms with Crippen LogP contribution in [0.15, 0.2) is 0 Å². The standard InChI is InChI=1S/C25H42O19/c1-2-6-12(29)20-18(35)22(39-6)37-4-8-10(27)15(32)17(34)25(42-8)44-21-13(30)7(3-26)40-23(19(21)36)38-5-9-11(28)14(31)16(33)24(41-9)43-20/h6-36H,2-5H2,1H3/t6?,7?,8?,9?,10-,11-,12-,13-,14+,15+,16?,17?,18?,19?,20+,21+,22?,23+,24-,25-/m1/s1. The van der Waals surface area contributed by atoms with Crippen LogP contribution in [0.25, 0.3) is 0 Å². The summed E-state index contributed by atoms with van der Waals surface area (Å²) in [6.07, 6.45) is -32.8. The molecule has 5 saturated heterocycles. The van der Waals surface area contributed by atoms with Crippen LogP contribution in [0.1, 0.15) is 13.3 Å². The molecule has 5 aliphatic rings. The summed E-state index contributed by atoms with van der Waals surface area (Å²) in [5.41, 5.74) is 0. The molecule has 19 nitrogen and oxygen atoms in total. The second-order valence-corrected chi connectivity index (χ2v) is 11.5. The first-order chi connectivity index (χ1) is 20.9. The summed E-state index contributed by atoms with van der Waals surface area (Å²) in [6, 6.07) is 0. The Bertz CT molecular complexity index is 860. The van der Waals surface area contributed by atoms with E-state index in [1.165, 1.54) is 0 Å². The van der Waals surface area contributed by atoms with E-state index in [2.05, 4.69) is 0 Å². The Kier molecular flexibility index (Phi) is 11.1. The summed E-state index contributed by atoms with van der Waals surface area (Å²) in [5.74, 6) is 0. The highest BCUT2D eigenvalue weighted by Crippen LogP contribution is 2.34. The van der Waals surface area contributed by atoms with Crippen molar-refractivity contribution in [2.45, 2.75) is 136 Å². The second-order valence-electron chi connectivity index (χ2n) is 11.5. The van der Waals surface area contributed by atoms with Gasteiger partial charge in [-0.2, -0.15) is 0 Å². The van der Waals surface area contributed by atoms with Crippen molar-refractivity contribution in [1.29, 1.82) is 0 Å². The molecule has 5 heterocycles. The van der Waals surface area contributed by atoms with Gasteiger partial charge in [0.1, 0.15) is 91.6 Å². The van der Waals surface area contributed by atoms with Gasteiger partial charge in [0, 0.05) is 0 Å². The zero-order valence-corrected chi connectivity index (χ0v) is 23.6. The van der Waals surface area contributed by atoms with Crippen molar-refractivity contribution in [2.75, 3.05) is 19.8 Å². The van der Waals surface area contributed by atoms with E-state index in [0.717, 1.165) is 0 Å². The lowest BCUT2D eigenvalue weighted by atomic mass is 9.95. The zero-order valence-electron chi connectivity index (χ0n) is 23.6. The Morgan fingerprint density at radius 3 is 1.25 bits per heavy atom. The Morgan fingerprint density at radius 2 is 0.841 bits per heavy atom. The maximum atomic E-state index is 11.0. The molecule has 8 bridgehead atoms. The van der Waals surface area contributed by atoms with E-state index in [-0.39, 0.29) is 6.42 Å². The minimum atomic E-state index is -1.90. The van der Waals surface area contributed by atoms with Crippen LogP contribution in [0.2, 0.25) is 0 Å². The van der Waals surface area contributed by atoms with Gasteiger partial charge >= 0.3 is 0 Å². The Morgan fingerprint density at radius 1 is 0.432 bits per heavy atom. The first-order valence-electron chi connectivity index (χ1n) is 14.4. The van der Waals surface area contributed by atoms with Gasteiger partial charge in [-0.15, -0.1) is 0 Å². The molecule has 19 heteroatoms. The molecular formula is C25H42O19. The van der Waals surface area contributed by atoms with Gasteiger partial charge in [0.2, 0.25) is 0 Å². The van der Waals surface area contributed by atoms with Crippen molar-refractivity contribution in [1.82, 2.24) is 0 Å². The van der Waals surface area contributed by atoms with Crippen LogP contribution in [0, 0.1) is 0 Å². The van der Waals surface area contributed by atoms with Gasteiger partial charge in [0.25, 0.3) is 0 Å². The van der Waals surface area contributed by atoms with Gasteiger partial charge < -0.3 is 94.1 Å². The van der Waals surface area contributed by atoms with Crippen LogP contribution in [0.5, 0.6) is 0 Å². The summed E-state index contributed by atoms with van der Waals surface area (Å²) >= 11 is 0. The molecule has 0 saturated carbocycles. The smallest absolute Gasteiger partial charge is 0.187 e.